The SMILES string of the molecule is CNc1cncc(N(C)c2ccc(C)cc2C)c1. The van der Waals surface area contributed by atoms with Crippen molar-refractivity contribution in [2.75, 3.05) is 24.3 Å². The molecule has 0 aliphatic carbocycles. The van der Waals surface area contributed by atoms with Crippen LogP contribution in [0.5, 0.6) is 0 Å². The lowest BCUT2D eigenvalue weighted by Gasteiger charge is -2.22. The summed E-state index contributed by atoms with van der Waals surface area (Å²) in [6.45, 7) is 4.24. The summed E-state index contributed by atoms with van der Waals surface area (Å²) in [5.41, 5.74) is 5.85. The Bertz CT molecular complexity index is 549. The van der Waals surface area contributed by atoms with Crippen molar-refractivity contribution in [1.82, 2.24) is 4.98 Å². The Kier molecular flexibility index (Phi) is 3.51. The summed E-state index contributed by atoms with van der Waals surface area (Å²) in [4.78, 5) is 6.40. The molecule has 0 spiro atoms. The van der Waals surface area contributed by atoms with Crippen molar-refractivity contribution in [3.8, 4) is 0 Å². The molecule has 0 aliphatic rings. The minimum Gasteiger partial charge on any atom is -0.387 e. The molecule has 0 amide bonds. The molecule has 2 rings (SSSR count). The van der Waals surface area contributed by atoms with Gasteiger partial charge in [0.05, 0.1) is 23.8 Å². The van der Waals surface area contributed by atoms with Crippen LogP contribution in [0.3, 0.4) is 0 Å². The zero-order valence-corrected chi connectivity index (χ0v) is 11.4. The number of aryl methyl sites for hydroxylation is 2. The fourth-order valence-corrected chi connectivity index (χ4v) is 2.07. The monoisotopic (exact) mass is 241 g/mol. The van der Waals surface area contributed by atoms with Crippen molar-refractivity contribution in [1.29, 1.82) is 0 Å². The second-order valence-electron chi connectivity index (χ2n) is 4.53. The maximum Gasteiger partial charge on any atom is 0.0615 e. The number of hydrogen-bond acceptors (Lipinski definition) is 3. The van der Waals surface area contributed by atoms with E-state index in [4.69, 9.17) is 0 Å². The highest BCUT2D eigenvalue weighted by Crippen LogP contribution is 2.28. The molecule has 0 fully saturated rings. The molecule has 2 aromatic rings. The average Bonchev–Trinajstić information content (AvgIpc) is 2.38. The zero-order valence-electron chi connectivity index (χ0n) is 11.4. The van der Waals surface area contributed by atoms with Gasteiger partial charge in [-0.1, -0.05) is 17.7 Å². The van der Waals surface area contributed by atoms with Gasteiger partial charge in [0.25, 0.3) is 0 Å². The van der Waals surface area contributed by atoms with Gasteiger partial charge >= 0.3 is 0 Å². The van der Waals surface area contributed by atoms with Crippen molar-refractivity contribution in [3.05, 3.63) is 47.8 Å². The summed E-state index contributed by atoms with van der Waals surface area (Å²) < 4.78 is 0. The van der Waals surface area contributed by atoms with Gasteiger partial charge in [0.1, 0.15) is 0 Å². The number of hydrogen-bond donors (Lipinski definition) is 1. The van der Waals surface area contributed by atoms with E-state index >= 15 is 0 Å². The van der Waals surface area contributed by atoms with Crippen LogP contribution in [-0.4, -0.2) is 19.1 Å². The predicted molar refractivity (Wildman–Crippen MR) is 77.8 cm³/mol. The van der Waals surface area contributed by atoms with Crippen molar-refractivity contribution in [2.24, 2.45) is 0 Å². The van der Waals surface area contributed by atoms with E-state index in [1.54, 1.807) is 0 Å². The minimum atomic E-state index is 1.02. The highest BCUT2D eigenvalue weighted by Gasteiger charge is 2.07. The van der Waals surface area contributed by atoms with E-state index in [9.17, 15) is 0 Å². The van der Waals surface area contributed by atoms with Crippen LogP contribution in [0.2, 0.25) is 0 Å². The predicted octanol–water partition coefficient (Wildman–Crippen LogP) is 3.51. The molecule has 3 heteroatoms. The van der Waals surface area contributed by atoms with Gasteiger partial charge in [-0.05, 0) is 31.5 Å². The second kappa shape index (κ2) is 5.08. The summed E-state index contributed by atoms with van der Waals surface area (Å²) in [5.74, 6) is 0. The molecule has 1 aromatic heterocycles. The van der Waals surface area contributed by atoms with Crippen LogP contribution in [0.25, 0.3) is 0 Å². The summed E-state index contributed by atoms with van der Waals surface area (Å²) in [5, 5.41) is 3.11. The standard InChI is InChI=1S/C15H19N3/c1-11-5-6-15(12(2)7-11)18(4)14-8-13(16-3)9-17-10-14/h5-10,16H,1-4H3. The molecule has 3 nitrogen and oxygen atoms in total. The van der Waals surface area contributed by atoms with Gasteiger partial charge in [-0.25, -0.2) is 0 Å². The van der Waals surface area contributed by atoms with Crippen molar-refractivity contribution >= 4 is 17.1 Å². The van der Waals surface area contributed by atoms with E-state index in [1.807, 2.05) is 19.4 Å². The van der Waals surface area contributed by atoms with E-state index in [0.717, 1.165) is 11.4 Å². The summed E-state index contributed by atoms with van der Waals surface area (Å²) >= 11 is 0. The molecule has 1 aromatic carbocycles. The highest BCUT2D eigenvalue weighted by atomic mass is 15.1. The number of aromatic nitrogens is 1. The number of rotatable bonds is 3. The molecule has 0 saturated carbocycles. The van der Waals surface area contributed by atoms with Crippen LogP contribution in [0.15, 0.2) is 36.7 Å². The van der Waals surface area contributed by atoms with E-state index < -0.39 is 0 Å². The van der Waals surface area contributed by atoms with Gasteiger partial charge in [-0.15, -0.1) is 0 Å². The largest absolute Gasteiger partial charge is 0.387 e. The quantitative estimate of drug-likeness (QED) is 0.891. The molecule has 0 atom stereocenters. The number of pyridine rings is 1. The smallest absolute Gasteiger partial charge is 0.0615 e. The Morgan fingerprint density at radius 3 is 2.56 bits per heavy atom. The Morgan fingerprint density at radius 1 is 1.11 bits per heavy atom. The molecule has 0 bridgehead atoms. The molecule has 0 aliphatic heterocycles. The van der Waals surface area contributed by atoms with Gasteiger partial charge in [0, 0.05) is 19.8 Å². The fraction of sp³-hybridized carbons (Fsp3) is 0.267. The normalized spacial score (nSPS) is 10.2. The maximum absolute atomic E-state index is 4.25. The Morgan fingerprint density at radius 2 is 1.89 bits per heavy atom. The van der Waals surface area contributed by atoms with Crippen LogP contribution >= 0.6 is 0 Å². The van der Waals surface area contributed by atoms with Crippen LogP contribution in [0.1, 0.15) is 11.1 Å². The molecule has 1 heterocycles. The molecule has 18 heavy (non-hydrogen) atoms. The maximum atomic E-state index is 4.25. The van der Waals surface area contributed by atoms with E-state index in [-0.39, 0.29) is 0 Å². The van der Waals surface area contributed by atoms with Gasteiger partial charge in [-0.3, -0.25) is 4.98 Å². The molecule has 0 radical (unpaired) electrons. The zero-order chi connectivity index (χ0) is 13.1. The van der Waals surface area contributed by atoms with Gasteiger partial charge < -0.3 is 10.2 Å². The van der Waals surface area contributed by atoms with Crippen molar-refractivity contribution in [2.45, 2.75) is 13.8 Å². The third-order valence-corrected chi connectivity index (χ3v) is 3.11. The Balaban J connectivity index is 2.37. The van der Waals surface area contributed by atoms with E-state index in [2.05, 4.69) is 60.4 Å². The first-order valence-electron chi connectivity index (χ1n) is 6.05. The van der Waals surface area contributed by atoms with E-state index in [1.165, 1.54) is 16.8 Å². The highest BCUT2D eigenvalue weighted by molar-refractivity contribution is 5.67. The lowest BCUT2D eigenvalue weighted by atomic mass is 10.1. The average molecular weight is 241 g/mol. The topological polar surface area (TPSA) is 28.2 Å². The minimum absolute atomic E-state index is 1.02. The van der Waals surface area contributed by atoms with E-state index in [0.29, 0.717) is 0 Å². The molecular weight excluding hydrogens is 222 g/mol. The molecule has 0 unspecified atom stereocenters. The Hall–Kier alpha value is -2.03. The van der Waals surface area contributed by atoms with Crippen LogP contribution < -0.4 is 10.2 Å². The van der Waals surface area contributed by atoms with Crippen LogP contribution in [-0.2, 0) is 0 Å². The third-order valence-electron chi connectivity index (χ3n) is 3.11. The second-order valence-corrected chi connectivity index (χ2v) is 4.53. The molecule has 0 saturated heterocycles. The van der Waals surface area contributed by atoms with Gasteiger partial charge in [0.2, 0.25) is 0 Å². The first kappa shape index (κ1) is 12.4. The van der Waals surface area contributed by atoms with Crippen molar-refractivity contribution in [3.63, 3.8) is 0 Å². The fourth-order valence-electron chi connectivity index (χ4n) is 2.07. The third kappa shape index (κ3) is 2.45. The lowest BCUT2D eigenvalue weighted by molar-refractivity contribution is 1.15. The number of benzene rings is 1. The van der Waals surface area contributed by atoms with Crippen LogP contribution in [0, 0.1) is 13.8 Å². The molecule has 1 N–H and O–H groups in total. The molecular formula is C15H19N3. The summed E-state index contributed by atoms with van der Waals surface area (Å²) in [6.07, 6.45) is 3.69. The summed E-state index contributed by atoms with van der Waals surface area (Å²) in [6, 6.07) is 8.57. The van der Waals surface area contributed by atoms with Gasteiger partial charge in [-0.2, -0.15) is 0 Å². The number of nitrogens with one attached hydrogen (secondary N) is 1. The lowest BCUT2D eigenvalue weighted by Crippen LogP contribution is -2.11. The first-order chi connectivity index (χ1) is 8.61. The number of nitrogens with zero attached hydrogens (tertiary/aromatic N) is 2. The Labute approximate surface area is 108 Å². The first-order valence-corrected chi connectivity index (χ1v) is 6.05. The summed E-state index contributed by atoms with van der Waals surface area (Å²) in [7, 11) is 3.96. The van der Waals surface area contributed by atoms with Gasteiger partial charge in [0.15, 0.2) is 0 Å². The van der Waals surface area contributed by atoms with Crippen molar-refractivity contribution < 1.29 is 0 Å². The number of anilines is 3. The van der Waals surface area contributed by atoms with Crippen LogP contribution in [0.4, 0.5) is 17.1 Å². The molecule has 94 valence electrons.